The van der Waals surface area contributed by atoms with Crippen LogP contribution in [0.5, 0.6) is 0 Å². The number of amides is 2. The largest absolute Gasteiger partial charge is 0.461 e. The summed E-state index contributed by atoms with van der Waals surface area (Å²) >= 11 is 0. The van der Waals surface area contributed by atoms with Crippen molar-refractivity contribution in [3.63, 3.8) is 0 Å². The van der Waals surface area contributed by atoms with E-state index < -0.39 is 6.04 Å². The van der Waals surface area contributed by atoms with Crippen LogP contribution < -0.4 is 5.32 Å². The predicted molar refractivity (Wildman–Crippen MR) is 159 cm³/mol. The van der Waals surface area contributed by atoms with E-state index in [1.807, 2.05) is 41.3 Å². The fraction of sp³-hybridized carbons (Fsp3) is 0.571. The molecule has 1 N–H and O–H groups in total. The molecule has 5 fully saturated rings. The Morgan fingerprint density at radius 2 is 1.57 bits per heavy atom. The van der Waals surface area contributed by atoms with Gasteiger partial charge < -0.3 is 15.0 Å². The van der Waals surface area contributed by atoms with Gasteiger partial charge >= 0.3 is 5.97 Å². The lowest BCUT2D eigenvalue weighted by Gasteiger charge is -2.73. The SMILES string of the molecule is O=C(CC12CC3CC4CC(C1)C42C3)NC(CCC(=O)OCc1ccccc1)C(=O)N1CCN(Cc2ccccc2)CC1. The minimum absolute atomic E-state index is 0.0141. The molecule has 7 heteroatoms. The first-order valence-corrected chi connectivity index (χ1v) is 16.0. The van der Waals surface area contributed by atoms with E-state index >= 15 is 0 Å². The molecule has 0 radical (unpaired) electrons. The van der Waals surface area contributed by atoms with Crippen molar-refractivity contribution in [1.82, 2.24) is 15.1 Å². The summed E-state index contributed by atoms with van der Waals surface area (Å²) in [6, 6.07) is 19.3. The molecular weight excluding hydrogens is 526 g/mol. The Labute approximate surface area is 249 Å². The average molecular weight is 570 g/mol. The fourth-order valence-electron chi connectivity index (χ4n) is 9.78. The number of carbonyl (C=O) groups excluding carboxylic acids is 3. The summed E-state index contributed by atoms with van der Waals surface area (Å²) < 4.78 is 5.49. The second-order valence-corrected chi connectivity index (χ2v) is 13.7. The van der Waals surface area contributed by atoms with Gasteiger partial charge in [-0.1, -0.05) is 60.7 Å². The van der Waals surface area contributed by atoms with Crippen molar-refractivity contribution >= 4 is 17.8 Å². The Morgan fingerprint density at radius 3 is 2.26 bits per heavy atom. The highest BCUT2D eigenvalue weighted by atomic mass is 16.5. The first-order chi connectivity index (χ1) is 20.4. The molecule has 6 atom stereocenters. The maximum Gasteiger partial charge on any atom is 0.306 e. The van der Waals surface area contributed by atoms with Gasteiger partial charge in [0.05, 0.1) is 0 Å². The van der Waals surface area contributed by atoms with Gasteiger partial charge in [0.15, 0.2) is 0 Å². The first-order valence-electron chi connectivity index (χ1n) is 16.0. The van der Waals surface area contributed by atoms with E-state index in [0.29, 0.717) is 24.9 Å². The van der Waals surface area contributed by atoms with Crippen molar-refractivity contribution in [3.05, 3.63) is 71.8 Å². The second kappa shape index (κ2) is 11.1. The van der Waals surface area contributed by atoms with Gasteiger partial charge in [-0.3, -0.25) is 19.3 Å². The number of benzene rings is 2. The van der Waals surface area contributed by atoms with Crippen LogP contribution in [0.3, 0.4) is 0 Å². The van der Waals surface area contributed by atoms with Crippen molar-refractivity contribution in [3.8, 4) is 0 Å². The highest BCUT2D eigenvalue weighted by Crippen LogP contribution is 2.87. The van der Waals surface area contributed by atoms with Crippen molar-refractivity contribution in [2.75, 3.05) is 26.2 Å². The summed E-state index contributed by atoms with van der Waals surface area (Å²) in [4.78, 5) is 44.3. The molecule has 222 valence electrons. The summed E-state index contributed by atoms with van der Waals surface area (Å²) in [7, 11) is 0. The Kier molecular flexibility index (Phi) is 7.33. The molecule has 2 bridgehead atoms. The molecule has 6 unspecified atom stereocenters. The summed E-state index contributed by atoms with van der Waals surface area (Å²) in [5.74, 6) is 2.01. The van der Waals surface area contributed by atoms with Crippen molar-refractivity contribution < 1.29 is 19.1 Å². The van der Waals surface area contributed by atoms with Crippen LogP contribution in [0.2, 0.25) is 0 Å². The van der Waals surface area contributed by atoms with Crippen LogP contribution in [0, 0.1) is 28.6 Å². The third-order valence-electron chi connectivity index (χ3n) is 11.5. The predicted octanol–water partition coefficient (Wildman–Crippen LogP) is 4.56. The maximum atomic E-state index is 13.8. The van der Waals surface area contributed by atoms with Gasteiger partial charge in [0.1, 0.15) is 12.6 Å². The highest BCUT2D eigenvalue weighted by Gasteiger charge is 2.80. The van der Waals surface area contributed by atoms with Crippen LogP contribution in [0.4, 0.5) is 0 Å². The minimum atomic E-state index is -0.706. The monoisotopic (exact) mass is 569 g/mol. The zero-order chi connectivity index (χ0) is 28.7. The molecule has 1 saturated heterocycles. The number of piperazine rings is 1. The lowest BCUT2D eigenvalue weighted by molar-refractivity contribution is -0.245. The molecule has 2 aromatic carbocycles. The number of hydrogen-bond donors (Lipinski definition) is 1. The number of nitrogens with one attached hydrogen (secondary N) is 1. The number of rotatable bonds is 11. The van der Waals surface area contributed by atoms with Gasteiger partial charge in [-0.25, -0.2) is 0 Å². The number of esters is 1. The van der Waals surface area contributed by atoms with Gasteiger partial charge in [0, 0.05) is 45.6 Å². The van der Waals surface area contributed by atoms with Crippen LogP contribution >= 0.6 is 0 Å². The van der Waals surface area contributed by atoms with Crippen molar-refractivity contribution in [2.24, 2.45) is 28.6 Å². The molecule has 2 aromatic rings. The van der Waals surface area contributed by atoms with E-state index in [2.05, 4.69) is 34.5 Å². The molecule has 1 aliphatic heterocycles. The van der Waals surface area contributed by atoms with Crippen LogP contribution in [0.15, 0.2) is 60.7 Å². The molecule has 4 saturated carbocycles. The topological polar surface area (TPSA) is 78.9 Å². The van der Waals surface area contributed by atoms with Gasteiger partial charge in [0.2, 0.25) is 11.8 Å². The summed E-state index contributed by atoms with van der Waals surface area (Å²) in [6.45, 7) is 3.89. The molecule has 2 amide bonds. The Bertz CT molecular complexity index is 1310. The summed E-state index contributed by atoms with van der Waals surface area (Å²) in [5.41, 5.74) is 2.77. The van der Waals surface area contributed by atoms with Crippen molar-refractivity contribution in [1.29, 1.82) is 0 Å². The van der Waals surface area contributed by atoms with Crippen LogP contribution in [0.1, 0.15) is 62.5 Å². The standard InChI is InChI=1S/C35H43N3O4/c39-31(22-34-19-27-17-28-18-29(21-34)35(28,34)20-27)36-30(11-12-32(40)42-24-26-9-5-2-6-10-26)33(41)38-15-13-37(14-16-38)23-25-7-3-1-4-8-25/h1-10,27-30H,11-24H2,(H,36,39). The molecule has 4 aliphatic carbocycles. The minimum Gasteiger partial charge on any atom is -0.461 e. The molecular formula is C35H43N3O4. The number of carbonyl (C=O) groups is 3. The lowest BCUT2D eigenvalue weighted by Crippen LogP contribution is -2.67. The average Bonchev–Trinajstić information content (AvgIpc) is 3.49. The fourth-order valence-corrected chi connectivity index (χ4v) is 9.78. The van der Waals surface area contributed by atoms with Gasteiger partial charge in [-0.15, -0.1) is 0 Å². The van der Waals surface area contributed by atoms with E-state index in [-0.39, 0.29) is 42.6 Å². The first kappa shape index (κ1) is 27.6. The molecule has 5 aliphatic rings. The molecule has 7 rings (SSSR count). The van der Waals surface area contributed by atoms with Crippen LogP contribution in [-0.4, -0.2) is 59.8 Å². The van der Waals surface area contributed by atoms with E-state index in [9.17, 15) is 14.4 Å². The lowest BCUT2D eigenvalue weighted by atomic mass is 9.31. The molecule has 0 aromatic heterocycles. The quantitative estimate of drug-likeness (QED) is 0.402. The third-order valence-corrected chi connectivity index (χ3v) is 11.5. The summed E-state index contributed by atoms with van der Waals surface area (Å²) in [5, 5.41) is 3.14. The van der Waals surface area contributed by atoms with E-state index in [0.717, 1.165) is 43.0 Å². The number of nitrogens with zero attached hydrogens (tertiary/aromatic N) is 2. The van der Waals surface area contributed by atoms with Gasteiger partial charge in [-0.05, 0) is 78.2 Å². The van der Waals surface area contributed by atoms with Gasteiger partial charge in [-0.2, -0.15) is 0 Å². The Hall–Kier alpha value is -3.19. The zero-order valence-corrected chi connectivity index (χ0v) is 24.5. The number of hydrogen-bond acceptors (Lipinski definition) is 5. The van der Waals surface area contributed by atoms with Crippen LogP contribution in [0.25, 0.3) is 0 Å². The molecule has 1 heterocycles. The normalized spacial score (nSPS) is 31.4. The number of fused-ring (bicyclic) bond motifs is 1. The van der Waals surface area contributed by atoms with E-state index in [1.54, 1.807) is 0 Å². The second-order valence-electron chi connectivity index (χ2n) is 13.7. The van der Waals surface area contributed by atoms with Gasteiger partial charge in [0.25, 0.3) is 0 Å². The highest BCUT2D eigenvalue weighted by molar-refractivity contribution is 5.88. The Morgan fingerprint density at radius 1 is 0.857 bits per heavy atom. The maximum absolute atomic E-state index is 13.8. The Balaban J connectivity index is 0.968. The summed E-state index contributed by atoms with van der Waals surface area (Å²) in [6.07, 6.45) is 7.29. The smallest absolute Gasteiger partial charge is 0.306 e. The van der Waals surface area contributed by atoms with Crippen LogP contribution in [-0.2, 0) is 32.3 Å². The van der Waals surface area contributed by atoms with E-state index in [1.165, 1.54) is 37.7 Å². The zero-order valence-electron chi connectivity index (χ0n) is 24.5. The molecule has 7 nitrogen and oxygen atoms in total. The molecule has 1 spiro atoms. The molecule has 42 heavy (non-hydrogen) atoms. The van der Waals surface area contributed by atoms with Crippen molar-refractivity contribution in [2.45, 2.75) is 70.6 Å². The third kappa shape index (κ3) is 4.93. The van der Waals surface area contributed by atoms with E-state index in [4.69, 9.17) is 4.74 Å². The number of ether oxygens (including phenoxy) is 1.